The molecule has 208 valence electrons. The molecule has 2 atom stereocenters. The lowest BCUT2D eigenvalue weighted by Gasteiger charge is -2.33. The van der Waals surface area contributed by atoms with Gasteiger partial charge in [-0.25, -0.2) is 9.37 Å². The van der Waals surface area contributed by atoms with Crippen molar-refractivity contribution in [3.63, 3.8) is 0 Å². The number of nitrogens with zero attached hydrogens (tertiary/aromatic N) is 3. The SMILES string of the molecule is CNC(=O)c1ccc(OC)c(NCC#Cc2nc3c(N[C@@H]4CCN(C)C[C@@H]4F)cccn3c2SC(F)(F)F)c1. The number of carbonyl (C=O) groups excluding carboxylic acids is 1. The van der Waals surface area contributed by atoms with E-state index in [1.807, 2.05) is 11.9 Å². The number of fused-ring (bicyclic) bond motifs is 1. The molecule has 3 N–H and O–H groups in total. The van der Waals surface area contributed by atoms with Crippen molar-refractivity contribution >= 4 is 34.7 Å². The zero-order valence-electron chi connectivity index (χ0n) is 21.5. The molecule has 0 unspecified atom stereocenters. The zero-order valence-corrected chi connectivity index (χ0v) is 22.3. The number of imidazole rings is 1. The fourth-order valence-electron chi connectivity index (χ4n) is 4.27. The number of alkyl halides is 4. The molecule has 39 heavy (non-hydrogen) atoms. The second-order valence-corrected chi connectivity index (χ2v) is 9.95. The topological polar surface area (TPSA) is 82.9 Å². The lowest BCUT2D eigenvalue weighted by atomic mass is 10.0. The van der Waals surface area contributed by atoms with E-state index in [1.54, 1.807) is 30.3 Å². The highest BCUT2D eigenvalue weighted by Crippen LogP contribution is 2.39. The molecular weight excluding hydrogens is 536 g/mol. The molecule has 2 aromatic heterocycles. The van der Waals surface area contributed by atoms with Crippen LogP contribution in [0.25, 0.3) is 5.65 Å². The number of likely N-dealkylation sites (tertiary alicyclic amines) is 1. The number of thioether (sulfide) groups is 1. The van der Waals surface area contributed by atoms with Crippen LogP contribution in [0.5, 0.6) is 5.75 Å². The predicted molar refractivity (Wildman–Crippen MR) is 143 cm³/mol. The predicted octanol–water partition coefficient (Wildman–Crippen LogP) is 4.23. The minimum atomic E-state index is -4.57. The van der Waals surface area contributed by atoms with Gasteiger partial charge in [0.2, 0.25) is 0 Å². The molecule has 0 aliphatic carbocycles. The van der Waals surface area contributed by atoms with Gasteiger partial charge in [-0.15, -0.1) is 0 Å². The van der Waals surface area contributed by atoms with Gasteiger partial charge in [0.15, 0.2) is 5.65 Å². The van der Waals surface area contributed by atoms with Crippen LogP contribution in [0.4, 0.5) is 28.9 Å². The smallest absolute Gasteiger partial charge is 0.447 e. The third kappa shape index (κ3) is 6.88. The van der Waals surface area contributed by atoms with Gasteiger partial charge in [-0.05, 0) is 49.7 Å². The number of halogens is 4. The third-order valence-corrected chi connectivity index (χ3v) is 6.98. The van der Waals surface area contributed by atoms with Gasteiger partial charge in [-0.2, -0.15) is 13.2 Å². The first kappa shape index (κ1) is 28.4. The van der Waals surface area contributed by atoms with Crippen molar-refractivity contribution in [1.82, 2.24) is 19.6 Å². The highest BCUT2D eigenvalue weighted by Gasteiger charge is 2.33. The van der Waals surface area contributed by atoms with Crippen molar-refractivity contribution in [2.45, 2.75) is 29.2 Å². The zero-order chi connectivity index (χ0) is 28.2. The van der Waals surface area contributed by atoms with Crippen molar-refractivity contribution in [3.05, 3.63) is 47.8 Å². The van der Waals surface area contributed by atoms with Gasteiger partial charge in [0, 0.05) is 43.7 Å². The Balaban J connectivity index is 1.61. The molecule has 3 heterocycles. The van der Waals surface area contributed by atoms with Gasteiger partial charge < -0.3 is 25.6 Å². The number of benzene rings is 1. The van der Waals surface area contributed by atoms with E-state index in [0.717, 1.165) is 0 Å². The van der Waals surface area contributed by atoms with Crippen LogP contribution in [0, 0.1) is 11.8 Å². The summed E-state index contributed by atoms with van der Waals surface area (Å²) in [6.07, 6.45) is 0.890. The maximum Gasteiger partial charge on any atom is 0.447 e. The van der Waals surface area contributed by atoms with Crippen molar-refractivity contribution < 1.29 is 27.1 Å². The Labute approximate surface area is 227 Å². The fraction of sp³-hybridized carbons (Fsp3) is 0.385. The Kier molecular flexibility index (Phi) is 8.76. The van der Waals surface area contributed by atoms with Crippen LogP contribution in [0.3, 0.4) is 0 Å². The number of ether oxygens (including phenoxy) is 1. The van der Waals surface area contributed by atoms with Crippen LogP contribution < -0.4 is 20.7 Å². The van der Waals surface area contributed by atoms with Crippen LogP contribution in [-0.2, 0) is 0 Å². The molecule has 4 rings (SSSR count). The van der Waals surface area contributed by atoms with E-state index in [2.05, 4.69) is 32.8 Å². The number of pyridine rings is 1. The Morgan fingerprint density at radius 2 is 2.08 bits per heavy atom. The van der Waals surface area contributed by atoms with E-state index >= 15 is 0 Å². The molecule has 1 fully saturated rings. The lowest BCUT2D eigenvalue weighted by molar-refractivity contribution is -0.0330. The van der Waals surface area contributed by atoms with Gasteiger partial charge in [0.05, 0.1) is 31.1 Å². The van der Waals surface area contributed by atoms with Gasteiger partial charge in [-0.3, -0.25) is 9.20 Å². The summed E-state index contributed by atoms with van der Waals surface area (Å²) in [6, 6.07) is 7.59. The van der Waals surface area contributed by atoms with Crippen LogP contribution in [0.2, 0.25) is 0 Å². The number of aromatic nitrogens is 2. The summed E-state index contributed by atoms with van der Waals surface area (Å²) < 4.78 is 61.6. The van der Waals surface area contributed by atoms with E-state index in [4.69, 9.17) is 4.74 Å². The van der Waals surface area contributed by atoms with E-state index < -0.39 is 17.7 Å². The number of nitrogens with one attached hydrogen (secondary N) is 3. The maximum absolute atomic E-state index is 14.6. The first-order chi connectivity index (χ1) is 18.6. The molecule has 1 aliphatic heterocycles. The normalized spacial score (nSPS) is 17.8. The summed E-state index contributed by atoms with van der Waals surface area (Å²) in [6.45, 7) is 1.01. The third-order valence-electron chi connectivity index (χ3n) is 6.17. The summed E-state index contributed by atoms with van der Waals surface area (Å²) in [5, 5.41) is 8.52. The fourth-order valence-corrected chi connectivity index (χ4v) is 4.92. The van der Waals surface area contributed by atoms with Gasteiger partial charge in [0.1, 0.15) is 22.6 Å². The molecule has 0 radical (unpaired) electrons. The number of hydrogen-bond donors (Lipinski definition) is 3. The standard InChI is InChI=1S/C26H28F4N6O2S/c1-31-24(37)16-8-9-22(38-3)21(14-16)32-11-4-6-20-25(39-26(28,29)30)36-12-5-7-19(23(36)34-20)33-18-10-13-35(2)15-17(18)27/h5,7-9,12,14,17-18,32-33H,10-11,13,15H2,1-3H3,(H,31,37)/t17-,18+/m0/s1. The Bertz CT molecular complexity index is 1400. The second-order valence-electron chi connectivity index (χ2n) is 8.90. The molecule has 0 spiro atoms. The number of amides is 1. The van der Waals surface area contributed by atoms with E-state index in [1.165, 1.54) is 24.8 Å². The number of methoxy groups -OCH3 is 1. The molecule has 8 nitrogen and oxygen atoms in total. The summed E-state index contributed by atoms with van der Waals surface area (Å²) in [7, 11) is 4.83. The first-order valence-electron chi connectivity index (χ1n) is 12.1. The molecule has 1 saturated heterocycles. The molecule has 0 bridgehead atoms. The second kappa shape index (κ2) is 12.0. The number of rotatable bonds is 7. The average Bonchev–Trinajstić information content (AvgIpc) is 3.24. The Morgan fingerprint density at radius 1 is 1.28 bits per heavy atom. The first-order valence-corrected chi connectivity index (χ1v) is 12.9. The van der Waals surface area contributed by atoms with Crippen LogP contribution in [0.15, 0.2) is 41.6 Å². The van der Waals surface area contributed by atoms with Crippen molar-refractivity contribution in [3.8, 4) is 17.6 Å². The molecule has 1 aliphatic rings. The largest absolute Gasteiger partial charge is 0.495 e. The number of anilines is 2. The van der Waals surface area contributed by atoms with Crippen LogP contribution >= 0.6 is 11.8 Å². The van der Waals surface area contributed by atoms with E-state index in [-0.39, 0.29) is 47.1 Å². The number of hydrogen-bond acceptors (Lipinski definition) is 7. The number of piperidine rings is 1. The molecule has 13 heteroatoms. The van der Waals surface area contributed by atoms with E-state index in [9.17, 15) is 22.4 Å². The Morgan fingerprint density at radius 3 is 2.77 bits per heavy atom. The van der Waals surface area contributed by atoms with Crippen LogP contribution in [0.1, 0.15) is 22.5 Å². The minimum Gasteiger partial charge on any atom is -0.495 e. The van der Waals surface area contributed by atoms with Crippen LogP contribution in [-0.4, -0.2) is 78.8 Å². The quantitative estimate of drug-likeness (QED) is 0.225. The maximum atomic E-state index is 14.6. The molecule has 1 aromatic carbocycles. The monoisotopic (exact) mass is 564 g/mol. The minimum absolute atomic E-state index is 0.0434. The lowest BCUT2D eigenvalue weighted by Crippen LogP contribution is -2.46. The highest BCUT2D eigenvalue weighted by molar-refractivity contribution is 8.00. The van der Waals surface area contributed by atoms with Gasteiger partial charge >= 0.3 is 5.51 Å². The Hall–Kier alpha value is -3.63. The summed E-state index contributed by atoms with van der Waals surface area (Å²) in [4.78, 5) is 18.3. The van der Waals surface area contributed by atoms with Crippen molar-refractivity contribution in [1.29, 1.82) is 0 Å². The highest BCUT2D eigenvalue weighted by atomic mass is 32.2. The molecule has 0 saturated carbocycles. The summed E-state index contributed by atoms with van der Waals surface area (Å²) in [5.74, 6) is 5.73. The summed E-state index contributed by atoms with van der Waals surface area (Å²) in [5.41, 5.74) is -3.07. The van der Waals surface area contributed by atoms with Crippen molar-refractivity contribution in [2.75, 3.05) is 51.5 Å². The molecule has 1 amide bonds. The summed E-state index contributed by atoms with van der Waals surface area (Å²) >= 11 is -0.308. The van der Waals surface area contributed by atoms with Gasteiger partial charge in [0.25, 0.3) is 5.91 Å². The van der Waals surface area contributed by atoms with Crippen molar-refractivity contribution in [2.24, 2.45) is 0 Å². The van der Waals surface area contributed by atoms with Gasteiger partial charge in [-0.1, -0.05) is 5.92 Å². The number of carbonyl (C=O) groups is 1. The molecule has 3 aromatic rings. The van der Waals surface area contributed by atoms with E-state index in [0.29, 0.717) is 35.7 Å². The average molecular weight is 565 g/mol. The molecular formula is C26H28F4N6O2S.